The number of sulfonamides is 1. The summed E-state index contributed by atoms with van der Waals surface area (Å²) in [6.45, 7) is 1.89. The van der Waals surface area contributed by atoms with E-state index in [0.717, 1.165) is 6.42 Å². The zero-order valence-corrected chi connectivity index (χ0v) is 15.9. The Bertz CT molecular complexity index is 915. The number of carbonyl (C=O) groups is 1. The first kappa shape index (κ1) is 20.5. The fourth-order valence-electron chi connectivity index (χ4n) is 2.38. The third-order valence-electron chi connectivity index (χ3n) is 3.82. The van der Waals surface area contributed by atoms with Crippen LogP contribution in [0.2, 0.25) is 0 Å². The highest BCUT2D eigenvalue weighted by molar-refractivity contribution is 7.92. The number of hydrogen-bond acceptors (Lipinski definition) is 6. The molecular weight excluding hydrogens is 370 g/mol. The molecule has 1 atom stereocenters. The van der Waals surface area contributed by atoms with E-state index in [0.29, 0.717) is 12.2 Å². The summed E-state index contributed by atoms with van der Waals surface area (Å²) in [6.07, 6.45) is 1.19. The lowest BCUT2D eigenvalue weighted by molar-refractivity contribution is -0.117. The standard InChI is InChI=1S/C18H23N3O5S/c1-3-6-13(19)18(23)20-15-11-12(9-10-16(15)22)27(24,25)21-14-7-4-5-8-17(14)26-2/h4-5,7-11,13,21-22H,3,6,19H2,1-2H3,(H,20,23). The molecule has 9 heteroatoms. The molecule has 0 saturated carbocycles. The molecule has 8 nitrogen and oxygen atoms in total. The Morgan fingerprint density at radius 1 is 1.22 bits per heavy atom. The second kappa shape index (κ2) is 8.74. The van der Waals surface area contributed by atoms with Gasteiger partial charge in [-0.3, -0.25) is 9.52 Å². The van der Waals surface area contributed by atoms with Crippen LogP contribution in [0.25, 0.3) is 0 Å². The zero-order valence-electron chi connectivity index (χ0n) is 15.1. The summed E-state index contributed by atoms with van der Waals surface area (Å²) in [4.78, 5) is 11.9. The van der Waals surface area contributed by atoms with Crippen LogP contribution in [-0.2, 0) is 14.8 Å². The largest absolute Gasteiger partial charge is 0.506 e. The molecule has 146 valence electrons. The van der Waals surface area contributed by atoms with Gasteiger partial charge in [0.1, 0.15) is 11.5 Å². The number of nitrogens with one attached hydrogen (secondary N) is 2. The highest BCUT2D eigenvalue weighted by atomic mass is 32.2. The van der Waals surface area contributed by atoms with Crippen LogP contribution >= 0.6 is 0 Å². The molecule has 0 heterocycles. The molecule has 0 fully saturated rings. The van der Waals surface area contributed by atoms with Crippen LogP contribution in [0.4, 0.5) is 11.4 Å². The lowest BCUT2D eigenvalue weighted by Crippen LogP contribution is -2.35. The van der Waals surface area contributed by atoms with E-state index in [1.165, 1.54) is 25.3 Å². The van der Waals surface area contributed by atoms with Crippen molar-refractivity contribution in [1.82, 2.24) is 0 Å². The second-order valence-electron chi connectivity index (χ2n) is 5.87. The zero-order chi connectivity index (χ0) is 20.0. The molecule has 5 N–H and O–H groups in total. The molecule has 0 saturated heterocycles. The van der Waals surface area contributed by atoms with E-state index in [4.69, 9.17) is 10.5 Å². The van der Waals surface area contributed by atoms with Crippen molar-refractivity contribution in [3.8, 4) is 11.5 Å². The predicted octanol–water partition coefficient (Wildman–Crippen LogP) is 2.27. The molecule has 2 aromatic carbocycles. The molecule has 0 radical (unpaired) electrons. The Morgan fingerprint density at radius 3 is 2.59 bits per heavy atom. The highest BCUT2D eigenvalue weighted by Crippen LogP contribution is 2.30. The Kier molecular flexibility index (Phi) is 6.65. The van der Waals surface area contributed by atoms with Crippen molar-refractivity contribution in [2.75, 3.05) is 17.1 Å². The van der Waals surface area contributed by atoms with E-state index in [1.807, 2.05) is 6.92 Å². The number of para-hydroxylation sites is 2. The summed E-state index contributed by atoms with van der Waals surface area (Å²) >= 11 is 0. The van der Waals surface area contributed by atoms with Crippen molar-refractivity contribution in [3.05, 3.63) is 42.5 Å². The fourth-order valence-corrected chi connectivity index (χ4v) is 3.48. The van der Waals surface area contributed by atoms with Gasteiger partial charge in [-0.25, -0.2) is 8.42 Å². The van der Waals surface area contributed by atoms with E-state index in [1.54, 1.807) is 24.3 Å². The molecule has 1 amide bonds. The van der Waals surface area contributed by atoms with Crippen molar-refractivity contribution in [2.45, 2.75) is 30.7 Å². The van der Waals surface area contributed by atoms with Crippen LogP contribution in [0.15, 0.2) is 47.4 Å². The second-order valence-corrected chi connectivity index (χ2v) is 7.55. The van der Waals surface area contributed by atoms with Gasteiger partial charge in [0.25, 0.3) is 10.0 Å². The van der Waals surface area contributed by atoms with Crippen LogP contribution in [0.1, 0.15) is 19.8 Å². The van der Waals surface area contributed by atoms with Gasteiger partial charge in [0.15, 0.2) is 0 Å². The molecule has 1 unspecified atom stereocenters. The van der Waals surface area contributed by atoms with Gasteiger partial charge in [0.05, 0.1) is 29.4 Å². The predicted molar refractivity (Wildman–Crippen MR) is 103 cm³/mol. The summed E-state index contributed by atoms with van der Waals surface area (Å²) < 4.78 is 32.9. The quantitative estimate of drug-likeness (QED) is 0.509. The van der Waals surface area contributed by atoms with Gasteiger partial charge in [-0.05, 0) is 36.8 Å². The Morgan fingerprint density at radius 2 is 1.93 bits per heavy atom. The molecule has 0 aliphatic carbocycles. The Balaban J connectivity index is 2.29. The van der Waals surface area contributed by atoms with Gasteiger partial charge >= 0.3 is 0 Å². The van der Waals surface area contributed by atoms with Gasteiger partial charge < -0.3 is 20.9 Å². The smallest absolute Gasteiger partial charge is 0.262 e. The molecule has 2 aromatic rings. The van der Waals surface area contributed by atoms with Crippen LogP contribution < -0.4 is 20.5 Å². The van der Waals surface area contributed by atoms with Crippen LogP contribution in [0.3, 0.4) is 0 Å². The number of rotatable bonds is 8. The number of methoxy groups -OCH3 is 1. The van der Waals surface area contributed by atoms with Crippen LogP contribution in [0, 0.1) is 0 Å². The number of phenols is 1. The van der Waals surface area contributed by atoms with Gasteiger partial charge in [-0.1, -0.05) is 25.5 Å². The van der Waals surface area contributed by atoms with Crippen molar-refractivity contribution >= 4 is 27.3 Å². The van der Waals surface area contributed by atoms with Crippen molar-refractivity contribution in [3.63, 3.8) is 0 Å². The average molecular weight is 393 g/mol. The summed E-state index contributed by atoms with van der Waals surface area (Å²) in [5, 5.41) is 12.4. The molecule has 0 aliphatic rings. The number of hydrogen-bond donors (Lipinski definition) is 4. The summed E-state index contributed by atoms with van der Waals surface area (Å²) in [6, 6.07) is 9.40. The van der Waals surface area contributed by atoms with E-state index >= 15 is 0 Å². The number of carbonyl (C=O) groups excluding carboxylic acids is 1. The van der Waals surface area contributed by atoms with E-state index in [-0.39, 0.29) is 22.0 Å². The number of nitrogens with two attached hydrogens (primary N) is 1. The lowest BCUT2D eigenvalue weighted by Gasteiger charge is -2.15. The molecule has 0 bridgehead atoms. The maximum Gasteiger partial charge on any atom is 0.262 e. The third kappa shape index (κ3) is 5.11. The number of anilines is 2. The van der Waals surface area contributed by atoms with Crippen molar-refractivity contribution in [1.29, 1.82) is 0 Å². The number of aromatic hydroxyl groups is 1. The molecule has 2 rings (SSSR count). The Labute approximate surface area is 158 Å². The topological polar surface area (TPSA) is 131 Å². The maximum atomic E-state index is 12.7. The van der Waals surface area contributed by atoms with E-state index < -0.39 is 22.0 Å². The lowest BCUT2D eigenvalue weighted by atomic mass is 10.1. The number of benzene rings is 2. The normalized spacial score (nSPS) is 12.3. The van der Waals surface area contributed by atoms with Gasteiger partial charge in [-0.2, -0.15) is 0 Å². The first-order valence-electron chi connectivity index (χ1n) is 8.33. The highest BCUT2D eigenvalue weighted by Gasteiger charge is 2.20. The monoisotopic (exact) mass is 393 g/mol. The first-order chi connectivity index (χ1) is 12.8. The minimum atomic E-state index is -3.98. The Hall–Kier alpha value is -2.78. The summed E-state index contributed by atoms with van der Waals surface area (Å²) in [5.74, 6) is -0.401. The summed E-state index contributed by atoms with van der Waals surface area (Å²) in [5.41, 5.74) is 5.98. The SMILES string of the molecule is CCCC(N)C(=O)Nc1cc(S(=O)(=O)Nc2ccccc2OC)ccc1O. The van der Waals surface area contributed by atoms with Crippen molar-refractivity contribution < 1.29 is 23.1 Å². The minimum absolute atomic E-state index is 0.0329. The van der Waals surface area contributed by atoms with E-state index in [9.17, 15) is 18.3 Å². The molecule has 0 aromatic heterocycles. The third-order valence-corrected chi connectivity index (χ3v) is 5.19. The molecule has 0 aliphatic heterocycles. The van der Waals surface area contributed by atoms with Crippen LogP contribution in [-0.4, -0.2) is 32.6 Å². The van der Waals surface area contributed by atoms with Gasteiger partial charge in [-0.15, -0.1) is 0 Å². The number of phenolic OH excluding ortho intramolecular Hbond substituents is 1. The van der Waals surface area contributed by atoms with Gasteiger partial charge in [0.2, 0.25) is 5.91 Å². The van der Waals surface area contributed by atoms with Crippen LogP contribution in [0.5, 0.6) is 11.5 Å². The molecular formula is C18H23N3O5S. The molecule has 27 heavy (non-hydrogen) atoms. The fraction of sp³-hybridized carbons (Fsp3) is 0.278. The first-order valence-corrected chi connectivity index (χ1v) is 9.82. The average Bonchev–Trinajstić information content (AvgIpc) is 2.63. The van der Waals surface area contributed by atoms with Crippen molar-refractivity contribution in [2.24, 2.45) is 5.73 Å². The number of amides is 1. The molecule has 0 spiro atoms. The number of ether oxygens (including phenoxy) is 1. The van der Waals surface area contributed by atoms with Gasteiger partial charge in [0, 0.05) is 0 Å². The summed E-state index contributed by atoms with van der Waals surface area (Å²) in [7, 11) is -2.54. The van der Waals surface area contributed by atoms with E-state index in [2.05, 4.69) is 10.0 Å². The maximum absolute atomic E-state index is 12.7. The minimum Gasteiger partial charge on any atom is -0.506 e.